The number of aromatic nitrogens is 1. The molecule has 0 saturated heterocycles. The lowest BCUT2D eigenvalue weighted by Crippen LogP contribution is -2.37. The molecule has 5 rings (SSSR count). The van der Waals surface area contributed by atoms with Gasteiger partial charge in [0.05, 0.1) is 13.0 Å². The topological polar surface area (TPSA) is 71.8 Å². The number of hydrogen-bond donors (Lipinski definition) is 1. The van der Waals surface area contributed by atoms with E-state index >= 15 is 0 Å². The van der Waals surface area contributed by atoms with Crippen molar-refractivity contribution in [2.24, 2.45) is 0 Å². The first-order valence-electron chi connectivity index (χ1n) is 11.4. The second kappa shape index (κ2) is 9.43. The van der Waals surface area contributed by atoms with E-state index in [0.29, 0.717) is 19.6 Å². The molecule has 0 bridgehead atoms. The molecule has 6 nitrogen and oxygen atoms in total. The van der Waals surface area contributed by atoms with E-state index in [0.717, 1.165) is 34.3 Å². The molecule has 1 amide bonds. The minimum absolute atomic E-state index is 0.0161. The van der Waals surface area contributed by atoms with Gasteiger partial charge in [-0.15, -0.1) is 0 Å². The van der Waals surface area contributed by atoms with Crippen molar-refractivity contribution in [2.75, 3.05) is 6.54 Å². The standard InChI is InChI=1S/C28H26N2O4/c31-27(32)16-20-10-12-21(13-11-20)17-30-25-9-5-4-8-23(25)24-14-15-29(18-26(24)30)28(33)34-19-22-6-2-1-3-7-22/h1-13H,14-19H2,(H,31,32). The first-order valence-corrected chi connectivity index (χ1v) is 11.4. The van der Waals surface area contributed by atoms with E-state index in [9.17, 15) is 9.59 Å². The second-order valence-corrected chi connectivity index (χ2v) is 8.63. The molecule has 6 heteroatoms. The summed E-state index contributed by atoms with van der Waals surface area (Å²) < 4.78 is 7.86. The van der Waals surface area contributed by atoms with Crippen molar-refractivity contribution in [2.45, 2.75) is 32.5 Å². The van der Waals surface area contributed by atoms with Crippen LogP contribution in [0, 0.1) is 0 Å². The maximum Gasteiger partial charge on any atom is 0.410 e. The molecule has 4 aromatic rings. The molecule has 0 spiro atoms. The Morgan fingerprint density at radius 2 is 1.56 bits per heavy atom. The second-order valence-electron chi connectivity index (χ2n) is 8.63. The summed E-state index contributed by atoms with van der Waals surface area (Å²) in [5, 5.41) is 10.2. The van der Waals surface area contributed by atoms with Gasteiger partial charge in [-0.05, 0) is 34.7 Å². The van der Waals surface area contributed by atoms with Gasteiger partial charge < -0.3 is 19.3 Å². The average Bonchev–Trinajstić information content (AvgIpc) is 3.17. The van der Waals surface area contributed by atoms with E-state index in [-0.39, 0.29) is 19.1 Å². The highest BCUT2D eigenvalue weighted by Crippen LogP contribution is 2.32. The quantitative estimate of drug-likeness (QED) is 0.445. The lowest BCUT2D eigenvalue weighted by Gasteiger charge is -2.28. The zero-order valence-corrected chi connectivity index (χ0v) is 18.8. The third kappa shape index (κ3) is 4.53. The van der Waals surface area contributed by atoms with E-state index < -0.39 is 5.97 Å². The van der Waals surface area contributed by atoms with Gasteiger partial charge in [-0.2, -0.15) is 0 Å². The predicted octanol–water partition coefficient (Wildman–Crippen LogP) is 5.01. The maximum absolute atomic E-state index is 12.8. The Kier molecular flexibility index (Phi) is 6.04. The number of nitrogens with zero attached hydrogens (tertiary/aromatic N) is 2. The molecular weight excluding hydrogens is 428 g/mol. The third-order valence-corrected chi connectivity index (χ3v) is 6.35. The summed E-state index contributed by atoms with van der Waals surface area (Å²) in [5.41, 5.74) is 6.38. The van der Waals surface area contributed by atoms with Crippen molar-refractivity contribution < 1.29 is 19.4 Å². The van der Waals surface area contributed by atoms with Crippen molar-refractivity contribution >= 4 is 23.0 Å². The molecule has 0 fully saturated rings. The zero-order chi connectivity index (χ0) is 23.5. The van der Waals surface area contributed by atoms with Crippen LogP contribution in [0.3, 0.4) is 0 Å². The van der Waals surface area contributed by atoms with E-state index in [2.05, 4.69) is 16.7 Å². The Labute approximate surface area is 198 Å². The van der Waals surface area contributed by atoms with Gasteiger partial charge in [-0.3, -0.25) is 4.79 Å². The summed E-state index contributed by atoms with van der Waals surface area (Å²) in [5.74, 6) is -0.836. The third-order valence-electron chi connectivity index (χ3n) is 6.35. The molecule has 34 heavy (non-hydrogen) atoms. The first-order chi connectivity index (χ1) is 16.6. The Hall–Kier alpha value is -4.06. The van der Waals surface area contributed by atoms with Gasteiger partial charge in [-0.25, -0.2) is 4.79 Å². The number of rotatable bonds is 6. The minimum Gasteiger partial charge on any atom is -0.481 e. The molecule has 1 N–H and O–H groups in total. The lowest BCUT2D eigenvalue weighted by atomic mass is 10.0. The monoisotopic (exact) mass is 454 g/mol. The molecule has 0 unspecified atom stereocenters. The SMILES string of the molecule is O=C(O)Cc1ccc(Cn2c3c(c4ccccc42)CCN(C(=O)OCc2ccccc2)C3)cc1. The number of carboxylic acid groups (broad SMARTS) is 1. The highest BCUT2D eigenvalue weighted by atomic mass is 16.6. The molecular formula is C28H26N2O4. The van der Waals surface area contributed by atoms with Crippen LogP contribution in [0.15, 0.2) is 78.9 Å². The molecule has 0 radical (unpaired) electrons. The van der Waals surface area contributed by atoms with Gasteiger partial charge in [-0.1, -0.05) is 72.8 Å². The summed E-state index contributed by atoms with van der Waals surface area (Å²) in [4.78, 5) is 25.6. The molecule has 172 valence electrons. The van der Waals surface area contributed by atoms with Gasteiger partial charge in [0.25, 0.3) is 0 Å². The van der Waals surface area contributed by atoms with Crippen LogP contribution in [0.1, 0.15) is 27.9 Å². The van der Waals surface area contributed by atoms with E-state index in [1.165, 1.54) is 10.9 Å². The van der Waals surface area contributed by atoms with Gasteiger partial charge in [0.1, 0.15) is 6.61 Å². The van der Waals surface area contributed by atoms with Crippen molar-refractivity contribution in [3.8, 4) is 0 Å². The number of benzene rings is 3. The Morgan fingerprint density at radius 3 is 2.32 bits per heavy atom. The Bertz CT molecular complexity index is 1330. The molecule has 0 aliphatic carbocycles. The van der Waals surface area contributed by atoms with Crippen LogP contribution in [-0.4, -0.2) is 33.2 Å². The van der Waals surface area contributed by atoms with Gasteiger partial charge in [0, 0.05) is 29.7 Å². The van der Waals surface area contributed by atoms with Gasteiger partial charge in [0.2, 0.25) is 0 Å². The fraction of sp³-hybridized carbons (Fsp3) is 0.214. The van der Waals surface area contributed by atoms with Crippen LogP contribution in [0.4, 0.5) is 4.79 Å². The van der Waals surface area contributed by atoms with E-state index in [1.807, 2.05) is 66.7 Å². The number of amides is 1. The normalized spacial score (nSPS) is 13.0. The number of carbonyl (C=O) groups is 2. The van der Waals surface area contributed by atoms with Crippen molar-refractivity contribution in [3.63, 3.8) is 0 Å². The van der Waals surface area contributed by atoms with E-state index in [4.69, 9.17) is 9.84 Å². The van der Waals surface area contributed by atoms with Gasteiger partial charge >= 0.3 is 12.1 Å². The Morgan fingerprint density at radius 1 is 0.853 bits per heavy atom. The highest BCUT2D eigenvalue weighted by Gasteiger charge is 2.27. The predicted molar refractivity (Wildman–Crippen MR) is 130 cm³/mol. The number of aliphatic carboxylic acids is 1. The highest BCUT2D eigenvalue weighted by molar-refractivity contribution is 5.86. The van der Waals surface area contributed by atoms with Crippen molar-refractivity contribution in [1.29, 1.82) is 0 Å². The number of carbonyl (C=O) groups excluding carboxylic acids is 1. The largest absolute Gasteiger partial charge is 0.481 e. The molecule has 2 heterocycles. The molecule has 1 aliphatic rings. The number of fused-ring (bicyclic) bond motifs is 3. The maximum atomic E-state index is 12.8. The fourth-order valence-electron chi connectivity index (χ4n) is 4.66. The van der Waals surface area contributed by atoms with Gasteiger partial charge in [0.15, 0.2) is 0 Å². The van der Waals surface area contributed by atoms with Crippen LogP contribution in [0.25, 0.3) is 10.9 Å². The van der Waals surface area contributed by atoms with Crippen LogP contribution in [0.2, 0.25) is 0 Å². The molecule has 1 aromatic heterocycles. The minimum atomic E-state index is -0.836. The first kappa shape index (κ1) is 21.8. The zero-order valence-electron chi connectivity index (χ0n) is 18.8. The molecule has 0 saturated carbocycles. The summed E-state index contributed by atoms with van der Waals surface area (Å²) in [6, 6.07) is 25.7. The van der Waals surface area contributed by atoms with Crippen molar-refractivity contribution in [1.82, 2.24) is 9.47 Å². The number of carboxylic acids is 1. The summed E-state index contributed by atoms with van der Waals surface area (Å²) >= 11 is 0. The molecule has 1 aliphatic heterocycles. The summed E-state index contributed by atoms with van der Waals surface area (Å²) in [6.07, 6.45) is 0.493. The smallest absolute Gasteiger partial charge is 0.410 e. The number of hydrogen-bond acceptors (Lipinski definition) is 3. The number of para-hydroxylation sites is 1. The van der Waals surface area contributed by atoms with E-state index in [1.54, 1.807) is 4.90 Å². The molecule has 0 atom stereocenters. The fourth-order valence-corrected chi connectivity index (χ4v) is 4.66. The van der Waals surface area contributed by atoms with Crippen LogP contribution in [-0.2, 0) is 42.1 Å². The summed E-state index contributed by atoms with van der Waals surface area (Å²) in [7, 11) is 0. The van der Waals surface area contributed by atoms with Crippen LogP contribution >= 0.6 is 0 Å². The average molecular weight is 455 g/mol. The van der Waals surface area contributed by atoms with Crippen LogP contribution in [0.5, 0.6) is 0 Å². The lowest BCUT2D eigenvalue weighted by molar-refractivity contribution is -0.136. The molecule has 3 aromatic carbocycles. The Balaban J connectivity index is 1.38. The summed E-state index contributed by atoms with van der Waals surface area (Å²) in [6.45, 7) is 2.03. The van der Waals surface area contributed by atoms with Crippen molar-refractivity contribution in [3.05, 3.63) is 107 Å². The number of ether oxygens (including phenoxy) is 1. The van der Waals surface area contributed by atoms with Crippen LogP contribution < -0.4 is 0 Å².